The highest BCUT2D eigenvalue weighted by Gasteiger charge is 2.29. The average Bonchev–Trinajstić information content (AvgIpc) is 2.79. The fraction of sp³-hybridized carbons (Fsp3) is 0.714. The third kappa shape index (κ3) is 3.35. The van der Waals surface area contributed by atoms with Gasteiger partial charge in [-0.15, -0.1) is 11.3 Å². The molecule has 1 aromatic rings. The summed E-state index contributed by atoms with van der Waals surface area (Å²) >= 11 is 5.39. The Labute approximate surface area is 123 Å². The summed E-state index contributed by atoms with van der Waals surface area (Å²) in [7, 11) is 0. The summed E-state index contributed by atoms with van der Waals surface area (Å²) in [5.74, 6) is 0. The van der Waals surface area contributed by atoms with Gasteiger partial charge in [0.2, 0.25) is 0 Å². The van der Waals surface area contributed by atoms with E-state index in [1.807, 2.05) is 11.3 Å². The van der Waals surface area contributed by atoms with Gasteiger partial charge in [0, 0.05) is 17.5 Å². The Morgan fingerprint density at radius 1 is 1.50 bits per heavy atom. The Balaban J connectivity index is 2.14. The second-order valence-corrected chi connectivity index (χ2v) is 7.56. The molecule has 2 nitrogen and oxygen atoms in total. The van der Waals surface area contributed by atoms with Gasteiger partial charge in [0.1, 0.15) is 0 Å². The van der Waals surface area contributed by atoms with Crippen LogP contribution in [0, 0.1) is 0 Å². The van der Waals surface area contributed by atoms with Crippen LogP contribution >= 0.6 is 27.3 Å². The van der Waals surface area contributed by atoms with E-state index in [2.05, 4.69) is 39.9 Å². The first kappa shape index (κ1) is 14.5. The SMILES string of the molecule is CCCC1CCCCN1C(CN)c1ccc(Br)s1. The van der Waals surface area contributed by atoms with Crippen molar-refractivity contribution in [3.63, 3.8) is 0 Å². The molecule has 2 unspecified atom stereocenters. The number of hydrogen-bond acceptors (Lipinski definition) is 3. The van der Waals surface area contributed by atoms with E-state index in [1.54, 1.807) is 0 Å². The maximum absolute atomic E-state index is 6.05. The van der Waals surface area contributed by atoms with Gasteiger partial charge in [-0.25, -0.2) is 0 Å². The molecule has 2 atom stereocenters. The number of likely N-dealkylation sites (tertiary alicyclic amines) is 1. The molecule has 2 heterocycles. The summed E-state index contributed by atoms with van der Waals surface area (Å²) < 4.78 is 1.21. The molecule has 0 bridgehead atoms. The number of nitrogens with two attached hydrogens (primary N) is 1. The molecular formula is C14H23BrN2S. The Hall–Kier alpha value is 0.1000. The van der Waals surface area contributed by atoms with Gasteiger partial charge < -0.3 is 5.73 Å². The van der Waals surface area contributed by atoms with Crippen LogP contribution in [0.1, 0.15) is 49.9 Å². The maximum atomic E-state index is 6.05. The fourth-order valence-electron chi connectivity index (χ4n) is 3.00. The Morgan fingerprint density at radius 3 is 2.94 bits per heavy atom. The van der Waals surface area contributed by atoms with Crippen LogP contribution in [0.25, 0.3) is 0 Å². The van der Waals surface area contributed by atoms with Gasteiger partial charge in [-0.05, 0) is 53.9 Å². The summed E-state index contributed by atoms with van der Waals surface area (Å²) in [6, 6.07) is 5.52. The third-order valence-corrected chi connectivity index (χ3v) is 5.57. The normalized spacial score (nSPS) is 23.2. The molecule has 2 rings (SSSR count). The topological polar surface area (TPSA) is 29.3 Å². The van der Waals surface area contributed by atoms with Crippen molar-refractivity contribution in [2.75, 3.05) is 13.1 Å². The largest absolute Gasteiger partial charge is 0.329 e. The average molecular weight is 331 g/mol. The number of nitrogens with zero attached hydrogens (tertiary/aromatic N) is 1. The van der Waals surface area contributed by atoms with Gasteiger partial charge in [0.25, 0.3) is 0 Å². The number of rotatable bonds is 5. The van der Waals surface area contributed by atoms with Crippen LogP contribution in [0.3, 0.4) is 0 Å². The van der Waals surface area contributed by atoms with Crippen LogP contribution in [-0.4, -0.2) is 24.0 Å². The smallest absolute Gasteiger partial charge is 0.0702 e. The van der Waals surface area contributed by atoms with Gasteiger partial charge >= 0.3 is 0 Å². The molecule has 1 aromatic heterocycles. The zero-order valence-corrected chi connectivity index (χ0v) is 13.5. The van der Waals surface area contributed by atoms with E-state index in [0.29, 0.717) is 6.04 Å². The molecule has 0 aliphatic carbocycles. The Bertz CT molecular complexity index is 364. The van der Waals surface area contributed by atoms with Gasteiger partial charge in [-0.2, -0.15) is 0 Å². The lowest BCUT2D eigenvalue weighted by atomic mass is 9.96. The Morgan fingerprint density at radius 2 is 2.33 bits per heavy atom. The van der Waals surface area contributed by atoms with Crippen molar-refractivity contribution >= 4 is 27.3 Å². The van der Waals surface area contributed by atoms with E-state index in [1.165, 1.54) is 47.3 Å². The summed E-state index contributed by atoms with van der Waals surface area (Å²) in [5, 5.41) is 0. The number of thiophene rings is 1. The number of piperidine rings is 1. The van der Waals surface area contributed by atoms with Crippen LogP contribution < -0.4 is 5.73 Å². The Kier molecular flexibility index (Phi) is 5.67. The molecule has 102 valence electrons. The van der Waals surface area contributed by atoms with Gasteiger partial charge in [-0.1, -0.05) is 19.8 Å². The first-order valence-electron chi connectivity index (χ1n) is 6.97. The van der Waals surface area contributed by atoms with Gasteiger partial charge in [-0.3, -0.25) is 4.90 Å². The van der Waals surface area contributed by atoms with Crippen molar-refractivity contribution in [2.24, 2.45) is 5.73 Å². The predicted molar refractivity (Wildman–Crippen MR) is 83.1 cm³/mol. The minimum Gasteiger partial charge on any atom is -0.329 e. The van der Waals surface area contributed by atoms with Crippen LogP contribution in [0.4, 0.5) is 0 Å². The lowest BCUT2D eigenvalue weighted by Gasteiger charge is -2.40. The molecule has 1 aliphatic heterocycles. The summed E-state index contributed by atoms with van der Waals surface area (Å²) in [5.41, 5.74) is 6.05. The van der Waals surface area contributed by atoms with Crippen LogP contribution in [0.15, 0.2) is 15.9 Å². The first-order valence-corrected chi connectivity index (χ1v) is 8.58. The van der Waals surface area contributed by atoms with E-state index in [-0.39, 0.29) is 0 Å². The maximum Gasteiger partial charge on any atom is 0.0702 e. The van der Waals surface area contributed by atoms with Crippen LogP contribution in [-0.2, 0) is 0 Å². The van der Waals surface area contributed by atoms with Crippen molar-refractivity contribution < 1.29 is 0 Å². The van der Waals surface area contributed by atoms with E-state index in [0.717, 1.165) is 12.6 Å². The zero-order chi connectivity index (χ0) is 13.0. The van der Waals surface area contributed by atoms with E-state index < -0.39 is 0 Å². The monoisotopic (exact) mass is 330 g/mol. The number of halogens is 1. The summed E-state index contributed by atoms with van der Waals surface area (Å²) in [6.07, 6.45) is 6.63. The molecule has 0 aromatic carbocycles. The predicted octanol–water partition coefficient (Wildman–Crippen LogP) is 4.17. The standard InChI is InChI=1S/C14H23BrN2S/c1-2-5-11-6-3-4-9-17(11)12(10-16)13-7-8-14(15)18-13/h7-8,11-12H,2-6,9-10,16H2,1H3. The molecule has 2 N–H and O–H groups in total. The molecule has 4 heteroatoms. The molecule has 0 amide bonds. The highest BCUT2D eigenvalue weighted by atomic mass is 79.9. The van der Waals surface area contributed by atoms with E-state index >= 15 is 0 Å². The van der Waals surface area contributed by atoms with Crippen molar-refractivity contribution in [3.05, 3.63) is 20.8 Å². The quantitative estimate of drug-likeness (QED) is 0.878. The number of hydrogen-bond donors (Lipinski definition) is 1. The molecular weight excluding hydrogens is 308 g/mol. The molecule has 0 radical (unpaired) electrons. The summed E-state index contributed by atoms with van der Waals surface area (Å²) in [4.78, 5) is 4.07. The fourth-order valence-corrected chi connectivity index (χ4v) is 4.56. The van der Waals surface area contributed by atoms with E-state index in [9.17, 15) is 0 Å². The molecule has 1 saturated heterocycles. The molecule has 1 fully saturated rings. The lowest BCUT2D eigenvalue weighted by Crippen LogP contribution is -2.44. The van der Waals surface area contributed by atoms with Crippen LogP contribution in [0.5, 0.6) is 0 Å². The molecule has 18 heavy (non-hydrogen) atoms. The van der Waals surface area contributed by atoms with E-state index in [4.69, 9.17) is 5.73 Å². The van der Waals surface area contributed by atoms with Crippen molar-refractivity contribution in [3.8, 4) is 0 Å². The first-order chi connectivity index (χ1) is 8.76. The van der Waals surface area contributed by atoms with Crippen molar-refractivity contribution in [2.45, 2.75) is 51.1 Å². The molecule has 0 saturated carbocycles. The van der Waals surface area contributed by atoms with Gasteiger partial charge in [0.05, 0.1) is 9.83 Å². The van der Waals surface area contributed by atoms with Crippen molar-refractivity contribution in [1.29, 1.82) is 0 Å². The lowest BCUT2D eigenvalue weighted by molar-refractivity contribution is 0.0929. The summed E-state index contributed by atoms with van der Waals surface area (Å²) in [6.45, 7) is 4.22. The molecule has 0 spiro atoms. The highest BCUT2D eigenvalue weighted by Crippen LogP contribution is 2.34. The molecule has 1 aliphatic rings. The van der Waals surface area contributed by atoms with Crippen molar-refractivity contribution in [1.82, 2.24) is 4.90 Å². The highest BCUT2D eigenvalue weighted by molar-refractivity contribution is 9.11. The minimum absolute atomic E-state index is 0.415. The van der Waals surface area contributed by atoms with Crippen LogP contribution in [0.2, 0.25) is 0 Å². The second-order valence-electron chi connectivity index (χ2n) is 5.07. The zero-order valence-electron chi connectivity index (χ0n) is 11.1. The second kappa shape index (κ2) is 7.04. The third-order valence-electron chi connectivity index (χ3n) is 3.84. The van der Waals surface area contributed by atoms with Gasteiger partial charge in [0.15, 0.2) is 0 Å². The minimum atomic E-state index is 0.415.